The Hall–Kier alpha value is -1.70. The fraction of sp³-hybridized carbons (Fsp3) is 0.500. The van der Waals surface area contributed by atoms with Gasteiger partial charge in [0.25, 0.3) is 5.91 Å². The Balaban J connectivity index is 1.47. The first-order valence-electron chi connectivity index (χ1n) is 11.7. The molecular weight excluding hydrogens is 500 g/mol. The minimum Gasteiger partial charge on any atom is -0.307 e. The fourth-order valence-electron chi connectivity index (χ4n) is 5.60. The van der Waals surface area contributed by atoms with Crippen molar-refractivity contribution in [3.05, 3.63) is 58.1 Å². The highest BCUT2D eigenvalue weighted by Crippen LogP contribution is 2.62. The van der Waals surface area contributed by atoms with Crippen LogP contribution >= 0.6 is 15.9 Å². The van der Waals surface area contributed by atoms with E-state index in [1.165, 1.54) is 43.4 Å². The maximum absolute atomic E-state index is 13.7. The van der Waals surface area contributed by atoms with Gasteiger partial charge in [-0.3, -0.25) is 4.79 Å². The van der Waals surface area contributed by atoms with Crippen molar-refractivity contribution in [2.24, 2.45) is 5.41 Å². The number of carbonyl (C=O) groups is 1. The molecule has 2 spiro atoms. The predicted octanol–water partition coefficient (Wildman–Crippen LogP) is 5.78. The first-order chi connectivity index (χ1) is 15.4. The Kier molecular flexibility index (Phi) is 5.35. The van der Waals surface area contributed by atoms with Gasteiger partial charge in [0, 0.05) is 33.2 Å². The van der Waals surface area contributed by atoms with E-state index >= 15 is 0 Å². The fourth-order valence-corrected chi connectivity index (χ4v) is 7.42. The summed E-state index contributed by atoms with van der Waals surface area (Å²) in [6.45, 7) is 6.06. The molecule has 2 aromatic rings. The van der Waals surface area contributed by atoms with Crippen LogP contribution in [0.4, 0.5) is 5.69 Å². The van der Waals surface area contributed by atoms with Crippen molar-refractivity contribution in [3.8, 4) is 0 Å². The highest BCUT2D eigenvalue weighted by atomic mass is 79.9. The van der Waals surface area contributed by atoms with Crippen molar-refractivity contribution in [1.29, 1.82) is 0 Å². The number of hydrogen-bond donors (Lipinski definition) is 1. The Morgan fingerprint density at radius 3 is 2.30 bits per heavy atom. The molecule has 0 aromatic heterocycles. The summed E-state index contributed by atoms with van der Waals surface area (Å²) in [6, 6.07) is 12.6. The number of amides is 1. The summed E-state index contributed by atoms with van der Waals surface area (Å²) in [5, 5.41) is 0. The van der Waals surface area contributed by atoms with Gasteiger partial charge < -0.3 is 4.90 Å². The summed E-state index contributed by atoms with van der Waals surface area (Å²) in [6.07, 6.45) is 7.36. The largest absolute Gasteiger partial charge is 0.307 e. The summed E-state index contributed by atoms with van der Waals surface area (Å²) in [7, 11) is -3.72. The molecule has 0 radical (unpaired) electrons. The zero-order chi connectivity index (χ0) is 23.6. The Bertz CT molecular complexity index is 1220. The lowest BCUT2D eigenvalue weighted by Crippen LogP contribution is -2.41. The third kappa shape index (κ3) is 4.28. The minimum absolute atomic E-state index is 0.0138. The molecule has 0 atom stereocenters. The molecule has 0 bridgehead atoms. The van der Waals surface area contributed by atoms with E-state index in [0.717, 1.165) is 23.0 Å². The molecule has 3 aliphatic rings. The molecular formula is C26H31BrN2O3S. The van der Waals surface area contributed by atoms with Gasteiger partial charge in [-0.25, -0.2) is 13.1 Å². The predicted molar refractivity (Wildman–Crippen MR) is 134 cm³/mol. The van der Waals surface area contributed by atoms with Gasteiger partial charge in [-0.15, -0.1) is 0 Å². The first-order valence-corrected chi connectivity index (χ1v) is 14.0. The third-order valence-corrected chi connectivity index (χ3v) is 9.83. The van der Waals surface area contributed by atoms with E-state index in [-0.39, 0.29) is 16.2 Å². The summed E-state index contributed by atoms with van der Waals surface area (Å²) in [4.78, 5) is 15.7. The van der Waals surface area contributed by atoms with Crippen LogP contribution in [0.2, 0.25) is 0 Å². The van der Waals surface area contributed by atoms with E-state index < -0.39 is 15.6 Å². The number of halogens is 1. The molecule has 1 N–H and O–H groups in total. The van der Waals surface area contributed by atoms with Gasteiger partial charge in [0.2, 0.25) is 10.0 Å². The van der Waals surface area contributed by atoms with Crippen molar-refractivity contribution >= 4 is 37.5 Å². The zero-order valence-corrected chi connectivity index (χ0v) is 21.9. The Morgan fingerprint density at radius 1 is 1.00 bits per heavy atom. The maximum atomic E-state index is 13.7. The van der Waals surface area contributed by atoms with Crippen LogP contribution in [0.25, 0.3) is 0 Å². The molecule has 7 heteroatoms. The standard InChI is InChI=1S/C26H31BrN2O3S/c1-24(2,3)28-33(31,32)20-6-4-5-18(15-20)23(30)29-17-26(13-11-25(9-10-25)12-14-26)21-16-19(27)7-8-22(21)29/h4-8,15-16,28H,9-14,17H2,1-3H3. The second-order valence-corrected chi connectivity index (χ2v) is 13.8. The monoisotopic (exact) mass is 530 g/mol. The van der Waals surface area contributed by atoms with E-state index in [2.05, 4.69) is 26.7 Å². The summed E-state index contributed by atoms with van der Waals surface area (Å²) < 4.78 is 29.4. The quantitative estimate of drug-likeness (QED) is 0.546. The van der Waals surface area contributed by atoms with E-state index in [9.17, 15) is 13.2 Å². The van der Waals surface area contributed by atoms with Gasteiger partial charge in [-0.2, -0.15) is 0 Å². The Morgan fingerprint density at radius 2 is 1.67 bits per heavy atom. The molecule has 0 unspecified atom stereocenters. The number of sulfonamides is 1. The summed E-state index contributed by atoms with van der Waals surface area (Å²) in [5.74, 6) is -0.144. The van der Waals surface area contributed by atoms with E-state index in [0.29, 0.717) is 17.5 Å². The van der Waals surface area contributed by atoms with Crippen molar-refractivity contribution in [3.63, 3.8) is 0 Å². The van der Waals surface area contributed by atoms with Gasteiger partial charge in [0.1, 0.15) is 0 Å². The molecule has 1 heterocycles. The molecule has 2 aliphatic carbocycles. The van der Waals surface area contributed by atoms with Gasteiger partial charge >= 0.3 is 0 Å². The average molecular weight is 532 g/mol. The molecule has 1 aliphatic heterocycles. The SMILES string of the molecule is CC(C)(C)NS(=O)(=O)c1cccc(C(=O)N2CC3(CCC4(CC4)CC3)c3cc(Br)ccc32)c1. The number of rotatable bonds is 3. The highest BCUT2D eigenvalue weighted by molar-refractivity contribution is 9.10. The van der Waals surface area contributed by atoms with E-state index in [1.54, 1.807) is 32.9 Å². The lowest BCUT2D eigenvalue weighted by Gasteiger charge is -2.38. The average Bonchev–Trinajstić information content (AvgIpc) is 3.44. The Labute approximate surface area is 205 Å². The minimum atomic E-state index is -3.72. The zero-order valence-electron chi connectivity index (χ0n) is 19.4. The van der Waals surface area contributed by atoms with Gasteiger partial charge in [0.05, 0.1) is 4.90 Å². The van der Waals surface area contributed by atoms with Crippen molar-refractivity contribution in [1.82, 2.24) is 4.72 Å². The first kappa shape index (κ1) is 23.1. The van der Waals surface area contributed by atoms with Crippen molar-refractivity contribution < 1.29 is 13.2 Å². The van der Waals surface area contributed by atoms with E-state index in [1.807, 2.05) is 17.0 Å². The molecule has 1 amide bonds. The molecule has 0 saturated heterocycles. The molecule has 5 rings (SSSR count). The highest BCUT2D eigenvalue weighted by Gasteiger charge is 2.53. The number of hydrogen-bond acceptors (Lipinski definition) is 3. The van der Waals surface area contributed by atoms with Crippen LogP contribution < -0.4 is 9.62 Å². The number of fused-ring (bicyclic) bond motifs is 2. The van der Waals surface area contributed by atoms with E-state index in [4.69, 9.17) is 0 Å². The van der Waals surface area contributed by atoms with Crippen LogP contribution in [0.1, 0.15) is 75.2 Å². The number of nitrogens with one attached hydrogen (secondary N) is 1. The van der Waals surface area contributed by atoms with Crippen LogP contribution in [-0.2, 0) is 15.4 Å². The number of nitrogens with zero attached hydrogens (tertiary/aromatic N) is 1. The number of anilines is 1. The van der Waals surface area contributed by atoms with Crippen LogP contribution in [0.3, 0.4) is 0 Å². The lowest BCUT2D eigenvalue weighted by atomic mass is 9.66. The van der Waals surface area contributed by atoms with Crippen molar-refractivity contribution in [2.45, 2.75) is 75.1 Å². The molecule has 2 fully saturated rings. The molecule has 5 nitrogen and oxygen atoms in total. The number of benzene rings is 2. The molecule has 176 valence electrons. The second kappa shape index (κ2) is 7.65. The van der Waals surface area contributed by atoms with Gasteiger partial charge in [-0.1, -0.05) is 22.0 Å². The summed E-state index contributed by atoms with van der Waals surface area (Å²) >= 11 is 3.63. The van der Waals surface area contributed by atoms with Crippen LogP contribution in [0.15, 0.2) is 51.8 Å². The molecule has 2 aromatic carbocycles. The third-order valence-electron chi connectivity index (χ3n) is 7.58. The smallest absolute Gasteiger partial charge is 0.258 e. The van der Waals surface area contributed by atoms with Crippen LogP contribution in [0.5, 0.6) is 0 Å². The molecule has 33 heavy (non-hydrogen) atoms. The normalized spacial score (nSPS) is 20.8. The second-order valence-electron chi connectivity index (χ2n) is 11.2. The number of carbonyl (C=O) groups excluding carboxylic acids is 1. The van der Waals surface area contributed by atoms with Crippen molar-refractivity contribution in [2.75, 3.05) is 11.4 Å². The van der Waals surface area contributed by atoms with Gasteiger partial charge in [-0.05, 0) is 107 Å². The lowest BCUT2D eigenvalue weighted by molar-refractivity contribution is 0.0980. The maximum Gasteiger partial charge on any atom is 0.258 e. The topological polar surface area (TPSA) is 66.5 Å². The summed E-state index contributed by atoms with van der Waals surface area (Å²) in [5.41, 5.74) is 2.55. The van der Waals surface area contributed by atoms with Crippen LogP contribution in [-0.4, -0.2) is 26.4 Å². The van der Waals surface area contributed by atoms with Gasteiger partial charge in [0.15, 0.2) is 0 Å². The van der Waals surface area contributed by atoms with Crippen LogP contribution in [0, 0.1) is 5.41 Å². The molecule has 2 saturated carbocycles.